The highest BCUT2D eigenvalue weighted by atomic mass is 16.5. The Morgan fingerprint density at radius 2 is 1.81 bits per heavy atom. The third-order valence-electron chi connectivity index (χ3n) is 6.28. The van der Waals surface area contributed by atoms with Crippen LogP contribution in [0.1, 0.15) is 57.9 Å². The monoisotopic (exact) mass is 372 g/mol. The fourth-order valence-corrected chi connectivity index (χ4v) is 4.25. The van der Waals surface area contributed by atoms with Gasteiger partial charge < -0.3 is 15.0 Å². The van der Waals surface area contributed by atoms with Crippen molar-refractivity contribution in [2.24, 2.45) is 5.92 Å². The molecule has 0 radical (unpaired) electrons. The number of carbonyl (C=O) groups excluding carboxylic acids is 2. The summed E-state index contributed by atoms with van der Waals surface area (Å²) in [6.45, 7) is 5.63. The molecule has 1 saturated heterocycles. The maximum Gasteiger partial charge on any atom is 0.231 e. The van der Waals surface area contributed by atoms with E-state index in [2.05, 4.69) is 19.2 Å². The molecule has 3 rings (SSSR count). The van der Waals surface area contributed by atoms with Crippen molar-refractivity contribution in [3.63, 3.8) is 0 Å². The van der Waals surface area contributed by atoms with E-state index in [1.165, 1.54) is 0 Å². The molecule has 1 aromatic rings. The minimum atomic E-state index is -0.435. The van der Waals surface area contributed by atoms with Gasteiger partial charge in [0.25, 0.3) is 0 Å². The van der Waals surface area contributed by atoms with Gasteiger partial charge in [-0.15, -0.1) is 0 Å². The van der Waals surface area contributed by atoms with E-state index < -0.39 is 5.41 Å². The molecule has 2 amide bonds. The highest BCUT2D eigenvalue weighted by Gasteiger charge is 2.53. The second-order valence-electron chi connectivity index (χ2n) is 7.87. The lowest BCUT2D eigenvalue weighted by Crippen LogP contribution is -2.49. The van der Waals surface area contributed by atoms with Gasteiger partial charge in [0.15, 0.2) is 0 Å². The predicted molar refractivity (Wildman–Crippen MR) is 106 cm³/mol. The van der Waals surface area contributed by atoms with Gasteiger partial charge in [0.1, 0.15) is 5.75 Å². The second kappa shape index (κ2) is 8.32. The van der Waals surface area contributed by atoms with E-state index in [1.807, 2.05) is 29.2 Å². The van der Waals surface area contributed by atoms with Gasteiger partial charge in [0, 0.05) is 30.6 Å². The quantitative estimate of drug-likeness (QED) is 0.799. The van der Waals surface area contributed by atoms with E-state index in [9.17, 15) is 9.59 Å². The van der Waals surface area contributed by atoms with Gasteiger partial charge in [0.05, 0.1) is 12.5 Å². The third-order valence-corrected chi connectivity index (χ3v) is 6.28. The smallest absolute Gasteiger partial charge is 0.231 e. The SMILES string of the molecule is CCC(CC)C(=O)N1CCC(NC(=O)C2(c3ccccc3OC)CC2)CC1. The standard InChI is InChI=1S/C22H32N2O3/c1-4-16(5-2)20(25)24-14-10-17(11-15-24)23-21(26)22(12-13-22)18-8-6-7-9-19(18)27-3/h6-9,16-17H,4-5,10-15H2,1-3H3,(H,23,26). The lowest BCUT2D eigenvalue weighted by molar-refractivity contribution is -0.137. The van der Waals surface area contributed by atoms with Gasteiger partial charge in [-0.2, -0.15) is 0 Å². The summed E-state index contributed by atoms with van der Waals surface area (Å²) >= 11 is 0. The second-order valence-corrected chi connectivity index (χ2v) is 7.87. The van der Waals surface area contributed by atoms with Crippen LogP contribution in [0.5, 0.6) is 5.75 Å². The third kappa shape index (κ3) is 3.97. The number of likely N-dealkylation sites (tertiary alicyclic amines) is 1. The van der Waals surface area contributed by atoms with E-state index in [0.717, 1.165) is 62.9 Å². The Balaban J connectivity index is 1.58. The molecule has 2 aliphatic rings. The van der Waals surface area contributed by atoms with Crippen LogP contribution in [0.2, 0.25) is 0 Å². The number of piperidine rings is 1. The molecule has 5 heteroatoms. The number of para-hydroxylation sites is 1. The van der Waals surface area contributed by atoms with E-state index in [4.69, 9.17) is 4.74 Å². The van der Waals surface area contributed by atoms with Gasteiger partial charge in [-0.05, 0) is 44.6 Å². The number of methoxy groups -OCH3 is 1. The maximum atomic E-state index is 13.0. The van der Waals surface area contributed by atoms with Crippen LogP contribution >= 0.6 is 0 Å². The number of ether oxygens (including phenoxy) is 1. The Labute approximate surface area is 162 Å². The average molecular weight is 373 g/mol. The zero-order chi connectivity index (χ0) is 19.4. The lowest BCUT2D eigenvalue weighted by Gasteiger charge is -2.35. The molecule has 1 saturated carbocycles. The number of hydrogen-bond donors (Lipinski definition) is 1. The van der Waals surface area contributed by atoms with Gasteiger partial charge in [-0.3, -0.25) is 9.59 Å². The van der Waals surface area contributed by atoms with Crippen LogP contribution in [-0.4, -0.2) is 43.0 Å². The zero-order valence-electron chi connectivity index (χ0n) is 16.8. The van der Waals surface area contributed by atoms with E-state index in [1.54, 1.807) is 7.11 Å². The summed E-state index contributed by atoms with van der Waals surface area (Å²) in [6, 6.07) is 7.97. The predicted octanol–water partition coefficient (Wildman–Crippen LogP) is 3.27. The molecule has 1 heterocycles. The summed E-state index contributed by atoms with van der Waals surface area (Å²) in [5, 5.41) is 3.26. The van der Waals surface area contributed by atoms with Crippen LogP contribution < -0.4 is 10.1 Å². The van der Waals surface area contributed by atoms with E-state index in [-0.39, 0.29) is 23.8 Å². The van der Waals surface area contributed by atoms with Crippen molar-refractivity contribution in [1.29, 1.82) is 0 Å². The van der Waals surface area contributed by atoms with Crippen molar-refractivity contribution in [2.75, 3.05) is 20.2 Å². The van der Waals surface area contributed by atoms with Crippen molar-refractivity contribution in [3.05, 3.63) is 29.8 Å². The number of hydrogen-bond acceptors (Lipinski definition) is 3. The van der Waals surface area contributed by atoms with Crippen molar-refractivity contribution in [2.45, 2.75) is 63.8 Å². The molecule has 1 aliphatic heterocycles. The van der Waals surface area contributed by atoms with Crippen molar-refractivity contribution >= 4 is 11.8 Å². The Morgan fingerprint density at radius 1 is 1.19 bits per heavy atom. The molecule has 1 aliphatic carbocycles. The number of nitrogens with one attached hydrogen (secondary N) is 1. The van der Waals surface area contributed by atoms with Crippen molar-refractivity contribution < 1.29 is 14.3 Å². The van der Waals surface area contributed by atoms with Crippen LogP contribution in [0, 0.1) is 5.92 Å². The topological polar surface area (TPSA) is 58.6 Å². The Kier molecular flexibility index (Phi) is 6.08. The number of carbonyl (C=O) groups is 2. The summed E-state index contributed by atoms with van der Waals surface area (Å²) in [5.41, 5.74) is 0.557. The number of rotatable bonds is 7. The van der Waals surface area contributed by atoms with Gasteiger partial charge in [0.2, 0.25) is 11.8 Å². The summed E-state index contributed by atoms with van der Waals surface area (Å²) in [4.78, 5) is 27.6. The first-order chi connectivity index (χ1) is 13.1. The first kappa shape index (κ1) is 19.7. The van der Waals surface area contributed by atoms with Gasteiger partial charge in [-0.25, -0.2) is 0 Å². The minimum Gasteiger partial charge on any atom is -0.496 e. The molecular weight excluding hydrogens is 340 g/mol. The molecule has 0 atom stereocenters. The van der Waals surface area contributed by atoms with Crippen LogP contribution in [0.15, 0.2) is 24.3 Å². The van der Waals surface area contributed by atoms with Crippen molar-refractivity contribution in [1.82, 2.24) is 10.2 Å². The fraction of sp³-hybridized carbons (Fsp3) is 0.636. The Morgan fingerprint density at radius 3 is 2.37 bits per heavy atom. The Bertz CT molecular complexity index is 672. The van der Waals surface area contributed by atoms with E-state index >= 15 is 0 Å². The van der Waals surface area contributed by atoms with Crippen LogP contribution in [0.25, 0.3) is 0 Å². The molecule has 2 fully saturated rings. The maximum absolute atomic E-state index is 13.0. The number of amides is 2. The molecule has 0 bridgehead atoms. The molecular formula is C22H32N2O3. The van der Waals surface area contributed by atoms with E-state index in [0.29, 0.717) is 0 Å². The number of benzene rings is 1. The average Bonchev–Trinajstić information content (AvgIpc) is 3.51. The molecule has 1 aromatic carbocycles. The first-order valence-electron chi connectivity index (χ1n) is 10.3. The lowest BCUT2D eigenvalue weighted by atomic mass is 9.92. The fourth-order valence-electron chi connectivity index (χ4n) is 4.25. The molecule has 5 nitrogen and oxygen atoms in total. The molecule has 148 valence electrons. The highest BCUT2D eigenvalue weighted by Crippen LogP contribution is 2.51. The highest BCUT2D eigenvalue weighted by molar-refractivity contribution is 5.92. The van der Waals surface area contributed by atoms with Crippen LogP contribution in [0.3, 0.4) is 0 Å². The summed E-state index contributed by atoms with van der Waals surface area (Å²) < 4.78 is 5.47. The largest absolute Gasteiger partial charge is 0.496 e. The minimum absolute atomic E-state index is 0.108. The van der Waals surface area contributed by atoms with Crippen LogP contribution in [0.4, 0.5) is 0 Å². The molecule has 1 N–H and O–H groups in total. The van der Waals surface area contributed by atoms with Crippen molar-refractivity contribution in [3.8, 4) is 5.75 Å². The van der Waals surface area contributed by atoms with Gasteiger partial charge >= 0.3 is 0 Å². The summed E-state index contributed by atoms with van der Waals surface area (Å²) in [5.74, 6) is 1.31. The Hall–Kier alpha value is -2.04. The number of nitrogens with zero attached hydrogens (tertiary/aromatic N) is 1. The molecule has 0 aromatic heterocycles. The summed E-state index contributed by atoms with van der Waals surface area (Å²) in [6.07, 6.45) is 5.19. The van der Waals surface area contributed by atoms with Gasteiger partial charge in [-0.1, -0.05) is 32.0 Å². The normalized spacial score (nSPS) is 19.0. The first-order valence-corrected chi connectivity index (χ1v) is 10.3. The summed E-state index contributed by atoms with van der Waals surface area (Å²) in [7, 11) is 1.65. The molecule has 27 heavy (non-hydrogen) atoms. The molecule has 0 unspecified atom stereocenters. The molecule has 0 spiro atoms. The van der Waals surface area contributed by atoms with Crippen LogP contribution in [-0.2, 0) is 15.0 Å². The zero-order valence-corrected chi connectivity index (χ0v) is 16.8.